The molecule has 112 valence electrons. The zero-order valence-electron chi connectivity index (χ0n) is 12.7. The van der Waals surface area contributed by atoms with Crippen LogP contribution in [0.5, 0.6) is 11.6 Å². The summed E-state index contributed by atoms with van der Waals surface area (Å²) in [4.78, 5) is 4.33. The van der Waals surface area contributed by atoms with Crippen LogP contribution in [0.3, 0.4) is 0 Å². The molecule has 1 aromatic carbocycles. The summed E-state index contributed by atoms with van der Waals surface area (Å²) in [5.74, 6) is 1.36. The second-order valence-electron chi connectivity index (χ2n) is 5.31. The maximum Gasteiger partial charge on any atom is 0.222 e. The SMILES string of the molecule is CCC(N)Cc1cccnc1Oc1cc(C)c(Cl)c(C)c1. The van der Waals surface area contributed by atoms with Gasteiger partial charge in [-0.2, -0.15) is 0 Å². The third-order valence-electron chi connectivity index (χ3n) is 3.48. The summed E-state index contributed by atoms with van der Waals surface area (Å²) in [7, 11) is 0. The average Bonchev–Trinajstić information content (AvgIpc) is 2.46. The van der Waals surface area contributed by atoms with Crippen molar-refractivity contribution in [3.05, 3.63) is 52.2 Å². The first-order valence-electron chi connectivity index (χ1n) is 7.15. The van der Waals surface area contributed by atoms with Crippen LogP contribution in [0.15, 0.2) is 30.5 Å². The summed E-state index contributed by atoms with van der Waals surface area (Å²) in [5.41, 5.74) is 9.05. The Labute approximate surface area is 131 Å². The maximum absolute atomic E-state index is 6.18. The Morgan fingerprint density at radius 2 is 1.95 bits per heavy atom. The van der Waals surface area contributed by atoms with E-state index in [1.807, 2.05) is 38.1 Å². The van der Waals surface area contributed by atoms with E-state index in [0.717, 1.165) is 40.3 Å². The number of hydrogen-bond donors (Lipinski definition) is 1. The molecule has 21 heavy (non-hydrogen) atoms. The zero-order valence-corrected chi connectivity index (χ0v) is 13.4. The van der Waals surface area contributed by atoms with Crippen LogP contribution in [0.1, 0.15) is 30.0 Å². The molecule has 0 saturated carbocycles. The lowest BCUT2D eigenvalue weighted by molar-refractivity contribution is 0.451. The van der Waals surface area contributed by atoms with Gasteiger partial charge in [-0.05, 0) is 56.0 Å². The number of ether oxygens (including phenoxy) is 1. The van der Waals surface area contributed by atoms with Crippen molar-refractivity contribution >= 4 is 11.6 Å². The van der Waals surface area contributed by atoms with Crippen molar-refractivity contribution in [3.63, 3.8) is 0 Å². The first-order valence-corrected chi connectivity index (χ1v) is 7.53. The minimum Gasteiger partial charge on any atom is -0.439 e. The predicted molar refractivity (Wildman–Crippen MR) is 87.2 cm³/mol. The lowest BCUT2D eigenvalue weighted by atomic mass is 10.1. The number of hydrogen-bond acceptors (Lipinski definition) is 3. The van der Waals surface area contributed by atoms with Crippen molar-refractivity contribution in [2.75, 3.05) is 0 Å². The van der Waals surface area contributed by atoms with Crippen molar-refractivity contribution in [1.82, 2.24) is 4.98 Å². The molecule has 1 heterocycles. The number of pyridine rings is 1. The molecule has 1 aromatic heterocycles. The Balaban J connectivity index is 2.27. The van der Waals surface area contributed by atoms with Gasteiger partial charge in [0.15, 0.2) is 0 Å². The van der Waals surface area contributed by atoms with Crippen LogP contribution in [0.2, 0.25) is 5.02 Å². The fraction of sp³-hybridized carbons (Fsp3) is 0.353. The first-order chi connectivity index (χ1) is 10.0. The van der Waals surface area contributed by atoms with E-state index >= 15 is 0 Å². The van der Waals surface area contributed by atoms with Crippen molar-refractivity contribution < 1.29 is 4.74 Å². The van der Waals surface area contributed by atoms with Crippen molar-refractivity contribution in [2.24, 2.45) is 5.73 Å². The van der Waals surface area contributed by atoms with Gasteiger partial charge in [0, 0.05) is 22.8 Å². The molecular formula is C17H21ClN2O. The molecule has 0 aliphatic rings. The molecule has 0 bridgehead atoms. The standard InChI is InChI=1S/C17H21ClN2O/c1-4-14(19)10-13-6-5-7-20-17(13)21-15-8-11(2)16(18)12(3)9-15/h5-9,14H,4,10,19H2,1-3H3. The molecule has 3 nitrogen and oxygen atoms in total. The number of nitrogens with zero attached hydrogens (tertiary/aromatic N) is 1. The van der Waals surface area contributed by atoms with E-state index in [1.54, 1.807) is 6.20 Å². The van der Waals surface area contributed by atoms with Crippen molar-refractivity contribution in [3.8, 4) is 11.6 Å². The highest BCUT2D eigenvalue weighted by atomic mass is 35.5. The summed E-state index contributed by atoms with van der Waals surface area (Å²) in [5, 5.41) is 0.775. The number of nitrogens with two attached hydrogens (primary N) is 1. The molecule has 0 amide bonds. The highest BCUT2D eigenvalue weighted by Crippen LogP contribution is 2.30. The Hall–Kier alpha value is -1.58. The van der Waals surface area contributed by atoms with Crippen LogP contribution < -0.4 is 10.5 Å². The molecule has 0 saturated heterocycles. The van der Waals surface area contributed by atoms with Crippen LogP contribution in [0.4, 0.5) is 0 Å². The molecule has 1 unspecified atom stereocenters. The monoisotopic (exact) mass is 304 g/mol. The van der Waals surface area contributed by atoms with E-state index in [-0.39, 0.29) is 6.04 Å². The Morgan fingerprint density at radius 3 is 2.57 bits per heavy atom. The van der Waals surface area contributed by atoms with E-state index in [9.17, 15) is 0 Å². The highest BCUT2D eigenvalue weighted by Gasteiger charge is 2.11. The molecule has 2 N–H and O–H groups in total. The fourth-order valence-electron chi connectivity index (χ4n) is 2.17. The number of benzene rings is 1. The van der Waals surface area contributed by atoms with Gasteiger partial charge in [-0.25, -0.2) is 4.98 Å². The topological polar surface area (TPSA) is 48.1 Å². The van der Waals surface area contributed by atoms with E-state index < -0.39 is 0 Å². The van der Waals surface area contributed by atoms with Gasteiger partial charge in [0.05, 0.1) is 0 Å². The number of rotatable bonds is 5. The minimum atomic E-state index is 0.116. The highest BCUT2D eigenvalue weighted by molar-refractivity contribution is 6.32. The van der Waals surface area contributed by atoms with E-state index in [4.69, 9.17) is 22.1 Å². The van der Waals surface area contributed by atoms with Gasteiger partial charge >= 0.3 is 0 Å². The largest absolute Gasteiger partial charge is 0.439 e. The molecule has 0 aliphatic heterocycles. The Kier molecular flexibility index (Phi) is 5.21. The molecule has 0 fully saturated rings. The Morgan fingerprint density at radius 1 is 1.29 bits per heavy atom. The van der Waals surface area contributed by atoms with Crippen LogP contribution in [0, 0.1) is 13.8 Å². The van der Waals surface area contributed by atoms with E-state index in [2.05, 4.69) is 11.9 Å². The predicted octanol–water partition coefficient (Wildman–Crippen LogP) is 4.42. The second kappa shape index (κ2) is 6.92. The maximum atomic E-state index is 6.18. The third kappa shape index (κ3) is 3.96. The van der Waals surface area contributed by atoms with E-state index in [0.29, 0.717) is 5.88 Å². The first kappa shape index (κ1) is 15.8. The minimum absolute atomic E-state index is 0.116. The molecule has 0 aliphatic carbocycles. The van der Waals surface area contributed by atoms with Crippen LogP contribution in [-0.2, 0) is 6.42 Å². The molecule has 1 atom stereocenters. The zero-order chi connectivity index (χ0) is 15.4. The molecule has 2 rings (SSSR count). The summed E-state index contributed by atoms with van der Waals surface area (Å²) in [6.07, 6.45) is 3.41. The van der Waals surface area contributed by atoms with Gasteiger partial charge < -0.3 is 10.5 Å². The molecule has 4 heteroatoms. The number of aryl methyl sites for hydroxylation is 2. The van der Waals surface area contributed by atoms with Gasteiger partial charge in [0.1, 0.15) is 5.75 Å². The normalized spacial score (nSPS) is 12.2. The summed E-state index contributed by atoms with van der Waals surface area (Å²) < 4.78 is 5.95. The number of aromatic nitrogens is 1. The summed E-state index contributed by atoms with van der Waals surface area (Å²) >= 11 is 6.18. The Bertz CT molecular complexity index is 605. The van der Waals surface area contributed by atoms with Crippen LogP contribution in [0.25, 0.3) is 0 Å². The molecule has 0 radical (unpaired) electrons. The quantitative estimate of drug-likeness (QED) is 0.889. The lowest BCUT2D eigenvalue weighted by Crippen LogP contribution is -2.21. The van der Waals surface area contributed by atoms with Gasteiger partial charge in [-0.3, -0.25) is 0 Å². The van der Waals surface area contributed by atoms with Crippen molar-refractivity contribution in [1.29, 1.82) is 0 Å². The molecular weight excluding hydrogens is 284 g/mol. The average molecular weight is 305 g/mol. The lowest BCUT2D eigenvalue weighted by Gasteiger charge is -2.14. The van der Waals surface area contributed by atoms with Crippen molar-refractivity contribution in [2.45, 2.75) is 39.7 Å². The summed E-state index contributed by atoms with van der Waals surface area (Å²) in [6.45, 7) is 6.01. The number of halogens is 1. The summed E-state index contributed by atoms with van der Waals surface area (Å²) in [6, 6.07) is 7.88. The van der Waals surface area contributed by atoms with Gasteiger partial charge in [0.2, 0.25) is 5.88 Å². The van der Waals surface area contributed by atoms with Gasteiger partial charge in [-0.1, -0.05) is 24.6 Å². The van der Waals surface area contributed by atoms with Crippen LogP contribution >= 0.6 is 11.6 Å². The third-order valence-corrected chi connectivity index (χ3v) is 4.08. The van der Waals surface area contributed by atoms with Gasteiger partial charge in [-0.15, -0.1) is 0 Å². The van der Waals surface area contributed by atoms with E-state index in [1.165, 1.54) is 0 Å². The molecule has 0 spiro atoms. The molecule has 2 aromatic rings. The fourth-order valence-corrected chi connectivity index (χ4v) is 2.28. The smallest absolute Gasteiger partial charge is 0.222 e. The van der Waals surface area contributed by atoms with Crippen LogP contribution in [-0.4, -0.2) is 11.0 Å². The van der Waals surface area contributed by atoms with Gasteiger partial charge in [0.25, 0.3) is 0 Å². The second-order valence-corrected chi connectivity index (χ2v) is 5.69.